The minimum atomic E-state index is -3.79. The van der Waals surface area contributed by atoms with E-state index < -0.39 is 15.8 Å². The Labute approximate surface area is 209 Å². The SMILES string of the molecule is Cc1c(F)c(NS(=O)(=O)CCC(C)(C)C)c2ccccc2c1Oc1ncccc1-c1ccnc(N)n1. The second-order valence-corrected chi connectivity index (χ2v) is 11.5. The van der Waals surface area contributed by atoms with E-state index in [1.165, 1.54) is 13.1 Å². The maximum atomic E-state index is 15.7. The standard InChI is InChI=1S/C26H28FN5O3S/c1-16-21(27)22(32-36(33,34)15-12-26(2,3)4)17-8-5-6-9-18(17)23(16)35-24-19(10-7-13-29-24)20-11-14-30-25(28)31-20/h5-11,13-14,32H,12,15H2,1-4H3,(H2,28,30,31). The smallest absolute Gasteiger partial charge is 0.232 e. The first-order chi connectivity index (χ1) is 17.0. The van der Waals surface area contributed by atoms with Crippen LogP contribution in [0.4, 0.5) is 16.0 Å². The number of ether oxygens (including phenoxy) is 1. The molecule has 188 valence electrons. The fraction of sp³-hybridized carbons (Fsp3) is 0.269. The molecule has 4 aromatic rings. The van der Waals surface area contributed by atoms with Crippen molar-refractivity contribution in [3.8, 4) is 22.9 Å². The first kappa shape index (κ1) is 25.3. The lowest BCUT2D eigenvalue weighted by Gasteiger charge is -2.20. The summed E-state index contributed by atoms with van der Waals surface area (Å²) in [4.78, 5) is 12.5. The largest absolute Gasteiger partial charge is 0.437 e. The number of benzene rings is 2. The molecule has 8 nitrogen and oxygen atoms in total. The van der Waals surface area contributed by atoms with E-state index in [9.17, 15) is 8.42 Å². The van der Waals surface area contributed by atoms with Crippen molar-refractivity contribution in [1.29, 1.82) is 0 Å². The monoisotopic (exact) mass is 509 g/mol. The molecule has 0 aliphatic heterocycles. The number of nitrogen functional groups attached to an aromatic ring is 1. The summed E-state index contributed by atoms with van der Waals surface area (Å²) in [6.07, 6.45) is 3.50. The summed E-state index contributed by atoms with van der Waals surface area (Å²) in [6, 6.07) is 12.0. The zero-order valence-corrected chi connectivity index (χ0v) is 21.4. The number of nitrogens with zero attached hydrogens (tertiary/aromatic N) is 3. The van der Waals surface area contributed by atoms with E-state index in [4.69, 9.17) is 10.5 Å². The van der Waals surface area contributed by atoms with Crippen molar-refractivity contribution in [3.63, 3.8) is 0 Å². The number of nitrogens with two attached hydrogens (primary N) is 1. The zero-order chi connectivity index (χ0) is 26.1. The van der Waals surface area contributed by atoms with Crippen molar-refractivity contribution in [2.45, 2.75) is 34.1 Å². The molecule has 0 atom stereocenters. The molecule has 0 spiro atoms. The third kappa shape index (κ3) is 5.54. The van der Waals surface area contributed by atoms with Gasteiger partial charge in [0.1, 0.15) is 5.75 Å². The van der Waals surface area contributed by atoms with Crippen LogP contribution in [0.15, 0.2) is 54.9 Å². The molecule has 0 saturated heterocycles. The van der Waals surface area contributed by atoms with Crippen molar-refractivity contribution in [3.05, 3.63) is 66.2 Å². The number of aromatic nitrogens is 3. The first-order valence-corrected chi connectivity index (χ1v) is 13.0. The Bertz CT molecular complexity index is 1530. The van der Waals surface area contributed by atoms with Gasteiger partial charge in [-0.05, 0) is 37.0 Å². The highest BCUT2D eigenvalue weighted by Crippen LogP contribution is 2.42. The summed E-state index contributed by atoms with van der Waals surface area (Å²) in [5.41, 5.74) is 6.63. The van der Waals surface area contributed by atoms with Crippen LogP contribution in [-0.2, 0) is 10.0 Å². The van der Waals surface area contributed by atoms with E-state index in [1.807, 2.05) is 20.8 Å². The molecule has 36 heavy (non-hydrogen) atoms. The molecule has 0 unspecified atom stereocenters. The molecule has 3 N–H and O–H groups in total. The summed E-state index contributed by atoms with van der Waals surface area (Å²) in [5.74, 6) is -0.324. The van der Waals surface area contributed by atoms with Crippen molar-refractivity contribution in [2.24, 2.45) is 5.41 Å². The van der Waals surface area contributed by atoms with Crippen LogP contribution < -0.4 is 15.2 Å². The molecule has 0 fully saturated rings. The minimum absolute atomic E-state index is 0.0954. The van der Waals surface area contributed by atoms with Crippen LogP contribution in [0, 0.1) is 18.2 Å². The van der Waals surface area contributed by atoms with Gasteiger partial charge in [0.25, 0.3) is 0 Å². The van der Waals surface area contributed by atoms with E-state index in [0.717, 1.165) is 0 Å². The van der Waals surface area contributed by atoms with Gasteiger partial charge in [-0.15, -0.1) is 0 Å². The molecule has 0 amide bonds. The molecule has 0 saturated carbocycles. The molecule has 0 aliphatic carbocycles. The Hall–Kier alpha value is -3.79. The van der Waals surface area contributed by atoms with Crippen LogP contribution in [0.2, 0.25) is 0 Å². The van der Waals surface area contributed by atoms with Crippen LogP contribution in [-0.4, -0.2) is 29.1 Å². The quantitative estimate of drug-likeness (QED) is 0.328. The molecular formula is C26H28FN5O3S. The predicted molar refractivity (Wildman–Crippen MR) is 140 cm³/mol. The molecular weight excluding hydrogens is 481 g/mol. The Morgan fingerprint density at radius 2 is 1.75 bits per heavy atom. The molecule has 0 aliphatic rings. The Morgan fingerprint density at radius 3 is 2.44 bits per heavy atom. The van der Waals surface area contributed by atoms with Crippen LogP contribution in [0.3, 0.4) is 0 Å². The van der Waals surface area contributed by atoms with Gasteiger partial charge in [-0.2, -0.15) is 0 Å². The third-order valence-electron chi connectivity index (χ3n) is 5.63. The van der Waals surface area contributed by atoms with E-state index in [1.54, 1.807) is 48.7 Å². The maximum Gasteiger partial charge on any atom is 0.232 e. The number of anilines is 2. The Morgan fingerprint density at radius 1 is 1.03 bits per heavy atom. The van der Waals surface area contributed by atoms with Crippen molar-refractivity contribution >= 4 is 32.4 Å². The molecule has 0 radical (unpaired) electrons. The summed E-state index contributed by atoms with van der Waals surface area (Å²) >= 11 is 0. The summed E-state index contributed by atoms with van der Waals surface area (Å²) in [6.45, 7) is 7.40. The van der Waals surface area contributed by atoms with E-state index >= 15 is 4.39 Å². The average molecular weight is 510 g/mol. The fourth-order valence-corrected chi connectivity index (χ4v) is 5.17. The lowest BCUT2D eigenvalue weighted by molar-refractivity contribution is 0.397. The van der Waals surface area contributed by atoms with E-state index in [2.05, 4.69) is 19.7 Å². The number of sulfonamides is 1. The zero-order valence-electron chi connectivity index (χ0n) is 20.5. The van der Waals surface area contributed by atoms with Gasteiger partial charge in [-0.1, -0.05) is 45.0 Å². The molecule has 2 heterocycles. The number of hydrogen-bond donors (Lipinski definition) is 2. The van der Waals surface area contributed by atoms with Crippen LogP contribution in [0.5, 0.6) is 11.6 Å². The summed E-state index contributed by atoms with van der Waals surface area (Å²) < 4.78 is 50.0. The number of nitrogens with one attached hydrogen (secondary N) is 1. The van der Waals surface area contributed by atoms with Crippen LogP contribution in [0.25, 0.3) is 22.0 Å². The van der Waals surface area contributed by atoms with Gasteiger partial charge in [0.2, 0.25) is 21.9 Å². The summed E-state index contributed by atoms with van der Waals surface area (Å²) in [5, 5.41) is 0.905. The lowest BCUT2D eigenvalue weighted by atomic mass is 9.94. The van der Waals surface area contributed by atoms with Crippen molar-refractivity contribution < 1.29 is 17.5 Å². The van der Waals surface area contributed by atoms with Gasteiger partial charge in [0.05, 0.1) is 22.7 Å². The third-order valence-corrected chi connectivity index (χ3v) is 6.89. The highest BCUT2D eigenvalue weighted by atomic mass is 32.2. The second kappa shape index (κ2) is 9.69. The first-order valence-electron chi connectivity index (χ1n) is 11.4. The highest BCUT2D eigenvalue weighted by Gasteiger charge is 2.24. The average Bonchev–Trinajstić information content (AvgIpc) is 2.83. The topological polar surface area (TPSA) is 120 Å². The normalized spacial score (nSPS) is 12.0. The van der Waals surface area contributed by atoms with Gasteiger partial charge in [-0.25, -0.2) is 27.8 Å². The predicted octanol–water partition coefficient (Wildman–Crippen LogP) is 5.69. The molecule has 2 aromatic carbocycles. The minimum Gasteiger partial charge on any atom is -0.437 e. The molecule has 10 heteroatoms. The van der Waals surface area contributed by atoms with Gasteiger partial charge in [0, 0.05) is 28.7 Å². The van der Waals surface area contributed by atoms with Gasteiger partial charge < -0.3 is 10.5 Å². The highest BCUT2D eigenvalue weighted by molar-refractivity contribution is 7.92. The van der Waals surface area contributed by atoms with Gasteiger partial charge in [-0.3, -0.25) is 4.72 Å². The number of fused-ring (bicyclic) bond motifs is 1. The number of hydrogen-bond acceptors (Lipinski definition) is 7. The van der Waals surface area contributed by atoms with Crippen LogP contribution in [0.1, 0.15) is 32.8 Å². The number of pyridine rings is 1. The van der Waals surface area contributed by atoms with E-state index in [0.29, 0.717) is 28.5 Å². The summed E-state index contributed by atoms with van der Waals surface area (Å²) in [7, 11) is -3.79. The Kier molecular flexibility index (Phi) is 6.81. The second-order valence-electron chi connectivity index (χ2n) is 9.68. The lowest BCUT2D eigenvalue weighted by Crippen LogP contribution is -2.22. The Balaban J connectivity index is 1.79. The molecule has 0 bridgehead atoms. The van der Waals surface area contributed by atoms with Crippen molar-refractivity contribution in [2.75, 3.05) is 16.2 Å². The number of halogens is 1. The van der Waals surface area contributed by atoms with Gasteiger partial charge >= 0.3 is 0 Å². The van der Waals surface area contributed by atoms with Gasteiger partial charge in [0.15, 0.2) is 5.82 Å². The van der Waals surface area contributed by atoms with Crippen LogP contribution >= 0.6 is 0 Å². The molecule has 2 aromatic heterocycles. The molecule has 4 rings (SSSR count). The number of rotatable bonds is 7. The van der Waals surface area contributed by atoms with Crippen molar-refractivity contribution in [1.82, 2.24) is 15.0 Å². The fourth-order valence-electron chi connectivity index (χ4n) is 3.67. The maximum absolute atomic E-state index is 15.7. The van der Waals surface area contributed by atoms with E-state index in [-0.39, 0.29) is 40.0 Å².